The maximum absolute atomic E-state index is 12.2. The average molecular weight is 492 g/mol. The second-order valence-electron chi connectivity index (χ2n) is 4.81. The van der Waals surface area contributed by atoms with Gasteiger partial charge < -0.3 is 0 Å². The standard InChI is InChI=1S/C15H20N2O3S.W/c1-6-8-12-11-13(21(19,20)16(3)4)9-10-14(12)17(5)15(18)7-2;/h1,6,8-11H,7H2,2-5H3;. The van der Waals surface area contributed by atoms with Crippen LogP contribution in [0, 0.1) is 0 Å². The van der Waals surface area contributed by atoms with E-state index in [1.54, 1.807) is 31.0 Å². The molecule has 0 spiro atoms. The van der Waals surface area contributed by atoms with Crippen LogP contribution in [0.15, 0.2) is 29.2 Å². The van der Waals surface area contributed by atoms with E-state index >= 15 is 0 Å². The fraction of sp³-hybridized carbons (Fsp3) is 0.333. The Morgan fingerprint density at radius 3 is 2.41 bits per heavy atom. The molecule has 1 aromatic rings. The summed E-state index contributed by atoms with van der Waals surface area (Å²) in [7, 11) is 1.18. The van der Waals surface area contributed by atoms with Crippen LogP contribution < -0.4 is 4.90 Å². The molecule has 0 aliphatic carbocycles. The molecule has 0 bridgehead atoms. The summed E-state index contributed by atoms with van der Waals surface area (Å²) in [6.45, 7) is 1.79. The zero-order valence-electron chi connectivity index (χ0n) is 13.1. The molecule has 0 atom stereocenters. The van der Waals surface area contributed by atoms with Crippen molar-refractivity contribution >= 4 is 32.1 Å². The van der Waals surface area contributed by atoms with Gasteiger partial charge in [0.1, 0.15) is 0 Å². The number of nitrogens with zero attached hydrogens (tertiary/aromatic N) is 2. The van der Waals surface area contributed by atoms with Gasteiger partial charge in [-0.2, -0.15) is 0 Å². The first-order chi connectivity index (χ1) is 10.3. The molecular weight excluding hydrogens is 472 g/mol. The van der Waals surface area contributed by atoms with Gasteiger partial charge in [-0.1, -0.05) is 0 Å². The summed E-state index contributed by atoms with van der Waals surface area (Å²) >= 11 is 1.29. The first kappa shape index (κ1) is 18.9. The Morgan fingerprint density at radius 1 is 1.27 bits per heavy atom. The molecule has 0 aromatic heterocycles. The summed E-state index contributed by atoms with van der Waals surface area (Å²) in [5.74, 6) is -0.0241. The number of carbonyl (C=O) groups is 1. The summed E-state index contributed by atoms with van der Waals surface area (Å²) in [6.07, 6.45) is 4.06. The van der Waals surface area contributed by atoms with Crippen molar-refractivity contribution in [2.75, 3.05) is 26.0 Å². The Hall–Kier alpha value is -1.10. The van der Waals surface area contributed by atoms with E-state index in [0.29, 0.717) is 17.7 Å². The quantitative estimate of drug-likeness (QED) is 0.608. The van der Waals surface area contributed by atoms with Crippen LogP contribution in [0.4, 0.5) is 5.69 Å². The van der Waals surface area contributed by atoms with Crippen molar-refractivity contribution in [1.29, 1.82) is 0 Å². The molecule has 1 aromatic carbocycles. The molecule has 0 aliphatic rings. The van der Waals surface area contributed by atoms with E-state index in [0.717, 1.165) is 0 Å². The van der Waals surface area contributed by atoms with Crippen LogP contribution in [0.25, 0.3) is 6.08 Å². The monoisotopic (exact) mass is 492 g/mol. The van der Waals surface area contributed by atoms with Gasteiger partial charge in [0, 0.05) is 0 Å². The summed E-state index contributed by atoms with van der Waals surface area (Å²) in [5, 5.41) is 0. The number of hydrogen-bond acceptors (Lipinski definition) is 3. The molecular formula is C15H20N2O3SW. The Balaban J connectivity index is 3.46. The van der Waals surface area contributed by atoms with E-state index in [-0.39, 0.29) is 10.8 Å². The van der Waals surface area contributed by atoms with Gasteiger partial charge in [0.15, 0.2) is 0 Å². The summed E-state index contributed by atoms with van der Waals surface area (Å²) < 4.78 is 27.6. The summed E-state index contributed by atoms with van der Waals surface area (Å²) in [4.78, 5) is 13.7. The van der Waals surface area contributed by atoms with Crippen LogP contribution in [-0.2, 0) is 34.2 Å². The number of carbonyl (C=O) groups excluding carboxylic acids is 1. The van der Waals surface area contributed by atoms with Gasteiger partial charge in [0.05, 0.1) is 0 Å². The van der Waals surface area contributed by atoms with Gasteiger partial charge in [0.2, 0.25) is 0 Å². The van der Waals surface area contributed by atoms with Gasteiger partial charge in [0.25, 0.3) is 0 Å². The first-order valence-electron chi connectivity index (χ1n) is 6.70. The van der Waals surface area contributed by atoms with Crippen molar-refractivity contribution in [1.82, 2.24) is 4.31 Å². The van der Waals surface area contributed by atoms with Crippen LogP contribution in [0.1, 0.15) is 18.9 Å². The second-order valence-corrected chi connectivity index (χ2v) is 7.94. The van der Waals surface area contributed by atoms with Crippen LogP contribution in [0.2, 0.25) is 0 Å². The molecule has 0 aliphatic heterocycles. The molecule has 0 heterocycles. The van der Waals surface area contributed by atoms with Crippen LogP contribution in [-0.4, -0.2) is 44.2 Å². The number of rotatable bonds is 6. The number of allylic oxidation sites excluding steroid dienone is 1. The van der Waals surface area contributed by atoms with E-state index in [2.05, 4.69) is 0 Å². The predicted octanol–water partition coefficient (Wildman–Crippen LogP) is 1.67. The van der Waals surface area contributed by atoms with Crippen molar-refractivity contribution in [2.45, 2.75) is 18.2 Å². The third-order valence-corrected chi connectivity index (χ3v) is 5.55. The van der Waals surface area contributed by atoms with Crippen LogP contribution >= 0.6 is 0 Å². The Kier molecular flexibility index (Phi) is 6.85. The number of amides is 1. The maximum atomic E-state index is 12.2. The molecule has 1 rings (SSSR count). The predicted molar refractivity (Wildman–Crippen MR) is 86.1 cm³/mol. The molecule has 7 heteroatoms. The van der Waals surface area contributed by atoms with Crippen molar-refractivity contribution in [3.8, 4) is 0 Å². The minimum atomic E-state index is -3.50. The molecule has 0 fully saturated rings. The Labute approximate surface area is 143 Å². The van der Waals surface area contributed by atoms with Crippen molar-refractivity contribution in [2.24, 2.45) is 0 Å². The molecule has 0 saturated carbocycles. The number of sulfonamides is 1. The Morgan fingerprint density at radius 2 is 1.91 bits per heavy atom. The topological polar surface area (TPSA) is 57.7 Å². The first-order valence-corrected chi connectivity index (χ1v) is 9.84. The molecule has 22 heavy (non-hydrogen) atoms. The van der Waals surface area contributed by atoms with Crippen LogP contribution in [0.5, 0.6) is 0 Å². The van der Waals surface area contributed by atoms with Crippen molar-refractivity contribution in [3.63, 3.8) is 0 Å². The average Bonchev–Trinajstić information content (AvgIpc) is 2.50. The molecule has 0 radical (unpaired) electrons. The van der Waals surface area contributed by atoms with E-state index in [4.69, 9.17) is 0 Å². The van der Waals surface area contributed by atoms with Gasteiger partial charge in [-0.3, -0.25) is 0 Å². The molecule has 5 nitrogen and oxygen atoms in total. The van der Waals surface area contributed by atoms with Crippen molar-refractivity contribution in [3.05, 3.63) is 29.8 Å². The third-order valence-electron chi connectivity index (χ3n) is 3.17. The summed E-state index contributed by atoms with van der Waals surface area (Å²) in [5.41, 5.74) is 1.39. The zero-order valence-corrected chi connectivity index (χ0v) is 16.9. The number of hydrogen-bond donors (Lipinski definition) is 0. The molecule has 0 N–H and O–H groups in total. The molecule has 0 saturated heterocycles. The minimum absolute atomic E-state index is 0.0241. The molecule has 1 amide bonds. The van der Waals surface area contributed by atoms with Gasteiger partial charge in [-0.25, -0.2) is 0 Å². The van der Waals surface area contributed by atoms with Gasteiger partial charge in [-0.15, -0.1) is 0 Å². The fourth-order valence-corrected chi connectivity index (χ4v) is 3.08. The third kappa shape index (κ3) is 4.22. The van der Waals surface area contributed by atoms with Gasteiger partial charge >= 0.3 is 143 Å². The van der Waals surface area contributed by atoms with E-state index < -0.39 is 10.0 Å². The zero-order chi connectivity index (χ0) is 16.9. The van der Waals surface area contributed by atoms with E-state index in [1.165, 1.54) is 43.8 Å². The van der Waals surface area contributed by atoms with Crippen molar-refractivity contribution < 1.29 is 32.6 Å². The normalized spacial score (nSPS) is 11.9. The van der Waals surface area contributed by atoms with Gasteiger partial charge in [-0.05, 0) is 0 Å². The van der Waals surface area contributed by atoms with Crippen LogP contribution in [0.3, 0.4) is 0 Å². The number of benzene rings is 1. The number of anilines is 1. The fourth-order valence-electron chi connectivity index (χ4n) is 1.86. The SMILES string of the molecule is CCC(=O)N(C)c1ccc(S(=O)(=O)N(C)C)cc1C=C[CH]=[W]. The summed E-state index contributed by atoms with van der Waals surface area (Å²) in [6, 6.07) is 4.80. The Bertz CT molecular complexity index is 697. The molecule has 0 unspecified atom stereocenters. The molecule has 120 valence electrons. The second kappa shape index (κ2) is 7.95. The van der Waals surface area contributed by atoms with E-state index in [1.807, 2.05) is 16.6 Å². The van der Waals surface area contributed by atoms with E-state index in [9.17, 15) is 13.2 Å².